The first-order valence-corrected chi connectivity index (χ1v) is 5.53. The van der Waals surface area contributed by atoms with Crippen LogP contribution in [0.3, 0.4) is 0 Å². The Balaban J connectivity index is 2.11. The molecule has 2 rings (SSSR count). The number of aliphatic hydroxyl groups excluding tert-OH is 1. The largest absolute Gasteiger partial charge is 0.487 e. The fourth-order valence-corrected chi connectivity index (χ4v) is 1.63. The maximum Gasteiger partial charge on any atom is 0.130 e. The molecule has 0 amide bonds. The lowest BCUT2D eigenvalue weighted by Gasteiger charge is -2.13. The van der Waals surface area contributed by atoms with Crippen LogP contribution in [0.1, 0.15) is 24.3 Å². The number of aromatic nitrogens is 2. The lowest BCUT2D eigenvalue weighted by molar-refractivity contribution is 0.189. The first kappa shape index (κ1) is 11.7. The Morgan fingerprint density at radius 2 is 2.18 bits per heavy atom. The Kier molecular flexibility index (Phi) is 3.44. The molecule has 0 saturated heterocycles. The van der Waals surface area contributed by atoms with Crippen LogP contribution in [0.15, 0.2) is 36.8 Å². The van der Waals surface area contributed by atoms with Gasteiger partial charge in [-0.05, 0) is 13.0 Å². The summed E-state index contributed by atoms with van der Waals surface area (Å²) < 4.78 is 7.61. The summed E-state index contributed by atoms with van der Waals surface area (Å²) in [5.41, 5.74) is 1.79. The summed E-state index contributed by atoms with van der Waals surface area (Å²) in [6.45, 7) is 2.17. The third-order valence-electron chi connectivity index (χ3n) is 2.66. The fraction of sp³-hybridized carbons (Fsp3) is 0.308. The summed E-state index contributed by atoms with van der Waals surface area (Å²) in [7, 11) is 1.92. The number of nitrogens with zero attached hydrogens (tertiary/aromatic N) is 2. The molecule has 0 aliphatic carbocycles. The monoisotopic (exact) mass is 232 g/mol. The topological polar surface area (TPSA) is 47.3 Å². The van der Waals surface area contributed by atoms with E-state index in [1.165, 1.54) is 0 Å². The maximum absolute atomic E-state index is 9.62. The number of ether oxygens (including phenoxy) is 1. The predicted octanol–water partition coefficient (Wildman–Crippen LogP) is 2.05. The summed E-state index contributed by atoms with van der Waals surface area (Å²) in [6, 6.07) is 7.51. The summed E-state index contributed by atoms with van der Waals surface area (Å²) in [6.07, 6.45) is 2.97. The average molecular weight is 232 g/mol. The van der Waals surface area contributed by atoms with E-state index in [9.17, 15) is 5.11 Å². The second-order valence-electron chi connectivity index (χ2n) is 4.00. The molecule has 0 aliphatic heterocycles. The molecule has 0 unspecified atom stereocenters. The molecule has 0 radical (unpaired) electrons. The van der Waals surface area contributed by atoms with Gasteiger partial charge in [-0.2, -0.15) is 0 Å². The SMILES string of the molecule is C[C@@H](O)c1ccccc1OCc1cncn1C. The van der Waals surface area contributed by atoms with Crippen molar-refractivity contribution in [2.75, 3.05) is 0 Å². The van der Waals surface area contributed by atoms with E-state index < -0.39 is 6.10 Å². The van der Waals surface area contributed by atoms with Gasteiger partial charge in [0.25, 0.3) is 0 Å². The van der Waals surface area contributed by atoms with E-state index in [0.717, 1.165) is 11.3 Å². The molecule has 1 atom stereocenters. The van der Waals surface area contributed by atoms with Crippen LogP contribution in [-0.2, 0) is 13.7 Å². The van der Waals surface area contributed by atoms with Gasteiger partial charge in [-0.25, -0.2) is 4.98 Å². The first-order chi connectivity index (χ1) is 8.18. The molecule has 1 N–H and O–H groups in total. The van der Waals surface area contributed by atoms with Crippen molar-refractivity contribution >= 4 is 0 Å². The highest BCUT2D eigenvalue weighted by molar-refractivity contribution is 5.34. The van der Waals surface area contributed by atoms with E-state index in [2.05, 4.69) is 4.98 Å². The third kappa shape index (κ3) is 2.65. The van der Waals surface area contributed by atoms with Crippen LogP contribution in [-0.4, -0.2) is 14.7 Å². The van der Waals surface area contributed by atoms with E-state index in [-0.39, 0.29) is 0 Å². The van der Waals surface area contributed by atoms with Gasteiger partial charge in [0.15, 0.2) is 0 Å². The molecule has 1 aromatic heterocycles. The number of hydrogen-bond acceptors (Lipinski definition) is 3. The lowest BCUT2D eigenvalue weighted by Crippen LogP contribution is -2.03. The standard InChI is InChI=1S/C13H16N2O2/c1-10(16)12-5-3-4-6-13(12)17-8-11-7-14-9-15(11)2/h3-7,9-10,16H,8H2,1-2H3/t10-/m1/s1. The smallest absolute Gasteiger partial charge is 0.130 e. The first-order valence-electron chi connectivity index (χ1n) is 5.53. The van der Waals surface area contributed by atoms with Crippen LogP contribution in [0.4, 0.5) is 0 Å². The summed E-state index contributed by atoms with van der Waals surface area (Å²) in [4.78, 5) is 4.03. The van der Waals surface area contributed by atoms with Crippen molar-refractivity contribution in [3.8, 4) is 5.75 Å². The molecule has 4 heteroatoms. The van der Waals surface area contributed by atoms with Crippen LogP contribution in [0.2, 0.25) is 0 Å². The Morgan fingerprint density at radius 3 is 2.82 bits per heavy atom. The molecule has 0 saturated carbocycles. The van der Waals surface area contributed by atoms with Gasteiger partial charge in [-0.15, -0.1) is 0 Å². The van der Waals surface area contributed by atoms with E-state index in [4.69, 9.17) is 4.74 Å². The van der Waals surface area contributed by atoms with E-state index in [0.29, 0.717) is 12.4 Å². The number of hydrogen-bond donors (Lipinski definition) is 1. The molecule has 2 aromatic rings. The van der Waals surface area contributed by atoms with Crippen LogP contribution >= 0.6 is 0 Å². The second kappa shape index (κ2) is 5.01. The quantitative estimate of drug-likeness (QED) is 0.877. The number of rotatable bonds is 4. The lowest BCUT2D eigenvalue weighted by atomic mass is 10.1. The van der Waals surface area contributed by atoms with Crippen molar-refractivity contribution in [3.05, 3.63) is 48.0 Å². The molecular formula is C13H16N2O2. The molecule has 17 heavy (non-hydrogen) atoms. The summed E-state index contributed by atoms with van der Waals surface area (Å²) in [5, 5.41) is 9.62. The van der Waals surface area contributed by atoms with E-state index >= 15 is 0 Å². The Bertz CT molecular complexity index is 492. The number of para-hydroxylation sites is 1. The van der Waals surface area contributed by atoms with Gasteiger partial charge in [-0.3, -0.25) is 0 Å². The molecule has 0 fully saturated rings. The minimum atomic E-state index is -0.530. The Hall–Kier alpha value is -1.81. The van der Waals surface area contributed by atoms with Crippen LogP contribution in [0, 0.1) is 0 Å². The van der Waals surface area contributed by atoms with Crippen LogP contribution < -0.4 is 4.74 Å². The van der Waals surface area contributed by atoms with Crippen molar-refractivity contribution in [1.29, 1.82) is 0 Å². The molecule has 0 bridgehead atoms. The number of aryl methyl sites for hydroxylation is 1. The van der Waals surface area contributed by atoms with Gasteiger partial charge < -0.3 is 14.4 Å². The van der Waals surface area contributed by atoms with Crippen molar-refractivity contribution in [2.45, 2.75) is 19.6 Å². The zero-order chi connectivity index (χ0) is 12.3. The van der Waals surface area contributed by atoms with Gasteiger partial charge in [0, 0.05) is 12.6 Å². The molecule has 4 nitrogen and oxygen atoms in total. The number of imidazole rings is 1. The number of benzene rings is 1. The van der Waals surface area contributed by atoms with Crippen LogP contribution in [0.5, 0.6) is 5.75 Å². The van der Waals surface area contributed by atoms with Crippen molar-refractivity contribution in [3.63, 3.8) is 0 Å². The molecule has 1 heterocycles. The van der Waals surface area contributed by atoms with Crippen molar-refractivity contribution in [2.24, 2.45) is 7.05 Å². The van der Waals surface area contributed by atoms with Gasteiger partial charge >= 0.3 is 0 Å². The average Bonchev–Trinajstić information content (AvgIpc) is 2.72. The second-order valence-corrected chi connectivity index (χ2v) is 4.00. The summed E-state index contributed by atoms with van der Waals surface area (Å²) >= 11 is 0. The Labute approximate surface area is 100 Å². The van der Waals surface area contributed by atoms with Crippen LogP contribution in [0.25, 0.3) is 0 Å². The van der Waals surface area contributed by atoms with E-state index in [1.807, 2.05) is 35.9 Å². The molecule has 90 valence electrons. The maximum atomic E-state index is 9.62. The van der Waals surface area contributed by atoms with Gasteiger partial charge in [0.2, 0.25) is 0 Å². The third-order valence-corrected chi connectivity index (χ3v) is 2.66. The fourth-order valence-electron chi connectivity index (χ4n) is 1.63. The highest BCUT2D eigenvalue weighted by Crippen LogP contribution is 2.25. The zero-order valence-corrected chi connectivity index (χ0v) is 10.00. The highest BCUT2D eigenvalue weighted by Gasteiger charge is 2.08. The minimum Gasteiger partial charge on any atom is -0.487 e. The minimum absolute atomic E-state index is 0.445. The molecule has 0 aliphatic rings. The normalized spacial score (nSPS) is 12.4. The predicted molar refractivity (Wildman–Crippen MR) is 64.6 cm³/mol. The van der Waals surface area contributed by atoms with Gasteiger partial charge in [0.1, 0.15) is 12.4 Å². The Morgan fingerprint density at radius 1 is 1.41 bits per heavy atom. The number of aliphatic hydroxyl groups is 1. The van der Waals surface area contributed by atoms with Crippen molar-refractivity contribution < 1.29 is 9.84 Å². The molecular weight excluding hydrogens is 216 g/mol. The molecule has 1 aromatic carbocycles. The zero-order valence-electron chi connectivity index (χ0n) is 10.00. The van der Waals surface area contributed by atoms with Crippen molar-refractivity contribution in [1.82, 2.24) is 9.55 Å². The highest BCUT2D eigenvalue weighted by atomic mass is 16.5. The van der Waals surface area contributed by atoms with Gasteiger partial charge in [-0.1, -0.05) is 18.2 Å². The van der Waals surface area contributed by atoms with E-state index in [1.54, 1.807) is 19.4 Å². The molecule has 0 spiro atoms. The van der Waals surface area contributed by atoms with Gasteiger partial charge in [0.05, 0.1) is 24.3 Å². The summed E-state index contributed by atoms with van der Waals surface area (Å²) in [5.74, 6) is 0.712.